The summed E-state index contributed by atoms with van der Waals surface area (Å²) in [6, 6.07) is 3.62. The van der Waals surface area contributed by atoms with Crippen molar-refractivity contribution in [2.24, 2.45) is 0 Å². The van der Waals surface area contributed by atoms with Gasteiger partial charge in [-0.15, -0.1) is 0 Å². The Labute approximate surface area is 119 Å². The van der Waals surface area contributed by atoms with Crippen LogP contribution in [0.25, 0.3) is 11.0 Å². The minimum Gasteiger partial charge on any atom is -0.316 e. The van der Waals surface area contributed by atoms with E-state index in [9.17, 15) is 22.4 Å². The summed E-state index contributed by atoms with van der Waals surface area (Å²) in [5.74, 6) is -0.626. The van der Waals surface area contributed by atoms with Gasteiger partial charge in [-0.2, -0.15) is 0 Å². The molecule has 0 aliphatic carbocycles. The summed E-state index contributed by atoms with van der Waals surface area (Å²) in [7, 11) is -3.38. The fourth-order valence-electron chi connectivity index (χ4n) is 1.89. The van der Waals surface area contributed by atoms with Crippen LogP contribution in [-0.4, -0.2) is 30.3 Å². The third-order valence-corrected chi connectivity index (χ3v) is 4.38. The number of aromatic nitrogens is 2. The van der Waals surface area contributed by atoms with Crippen molar-refractivity contribution < 1.29 is 12.8 Å². The molecule has 0 radical (unpaired) electrons. The fraction of sp³-hybridized carbons (Fsp3) is 0.333. The molecule has 2 aromatic rings. The number of sulfonamides is 1. The largest absolute Gasteiger partial charge is 0.316 e. The summed E-state index contributed by atoms with van der Waals surface area (Å²) >= 11 is 0. The number of nitrogens with one attached hydrogen (secondary N) is 2. The van der Waals surface area contributed by atoms with Crippen LogP contribution >= 0.6 is 0 Å². The molecule has 0 bridgehead atoms. The highest BCUT2D eigenvalue weighted by molar-refractivity contribution is 7.89. The van der Waals surface area contributed by atoms with Gasteiger partial charge in [-0.1, -0.05) is 0 Å². The number of hydrogen-bond donors (Lipinski definition) is 2. The Morgan fingerprint density at radius 1 is 1.33 bits per heavy atom. The maximum Gasteiger partial charge on any atom is 0.316 e. The van der Waals surface area contributed by atoms with Crippen LogP contribution in [0.4, 0.5) is 4.39 Å². The molecule has 2 rings (SSSR count). The number of H-pyrrole nitrogens is 1. The van der Waals surface area contributed by atoms with Gasteiger partial charge in [0.25, 0.3) is 0 Å². The summed E-state index contributed by atoms with van der Waals surface area (Å²) in [5.41, 5.74) is -1.19. The molecule has 0 saturated carbocycles. The van der Waals surface area contributed by atoms with Crippen LogP contribution in [0.2, 0.25) is 0 Å². The Bertz CT molecular complexity index is 885. The Kier molecular flexibility index (Phi) is 4.24. The van der Waals surface area contributed by atoms with Gasteiger partial charge in [0.05, 0.1) is 16.8 Å². The number of nitrogens with zero attached hydrogens (tertiary/aromatic N) is 1. The van der Waals surface area contributed by atoms with Crippen molar-refractivity contribution in [3.8, 4) is 0 Å². The van der Waals surface area contributed by atoms with E-state index in [-0.39, 0.29) is 24.4 Å². The first kappa shape index (κ1) is 15.4. The molecule has 0 aliphatic rings. The zero-order valence-electron chi connectivity index (χ0n) is 11.2. The average molecular weight is 315 g/mol. The molecule has 7 nitrogen and oxygen atoms in total. The third kappa shape index (κ3) is 3.37. The first-order valence-corrected chi connectivity index (χ1v) is 7.89. The first-order valence-electron chi connectivity index (χ1n) is 6.24. The maximum absolute atomic E-state index is 13.2. The Balaban J connectivity index is 2.41. The number of aromatic amines is 1. The normalized spacial score (nSPS) is 11.9. The predicted octanol–water partition coefficient (Wildman–Crippen LogP) is -0.232. The van der Waals surface area contributed by atoms with E-state index in [1.165, 1.54) is 13.0 Å². The van der Waals surface area contributed by atoms with E-state index in [2.05, 4.69) is 9.71 Å². The molecular formula is C12H14FN3O4S. The SMILES string of the molecule is CCS(=O)(=O)NCCn1c(=O)c(=O)[nH]c2cc(F)ccc21. The molecule has 2 N–H and O–H groups in total. The second kappa shape index (κ2) is 5.78. The van der Waals surface area contributed by atoms with Crippen LogP contribution in [-0.2, 0) is 16.6 Å². The van der Waals surface area contributed by atoms with E-state index in [1.54, 1.807) is 0 Å². The molecule has 1 aromatic heterocycles. The summed E-state index contributed by atoms with van der Waals surface area (Å²) in [6.07, 6.45) is 0. The molecule has 0 saturated heterocycles. The van der Waals surface area contributed by atoms with E-state index >= 15 is 0 Å². The lowest BCUT2D eigenvalue weighted by atomic mass is 10.3. The van der Waals surface area contributed by atoms with E-state index in [0.29, 0.717) is 5.52 Å². The van der Waals surface area contributed by atoms with E-state index < -0.39 is 27.0 Å². The van der Waals surface area contributed by atoms with Gasteiger partial charge in [0.2, 0.25) is 10.0 Å². The molecule has 114 valence electrons. The monoisotopic (exact) mass is 315 g/mol. The summed E-state index contributed by atoms with van der Waals surface area (Å²) in [5, 5.41) is 0. The quantitative estimate of drug-likeness (QED) is 0.744. The average Bonchev–Trinajstić information content (AvgIpc) is 2.43. The molecule has 9 heteroatoms. The van der Waals surface area contributed by atoms with Crippen molar-refractivity contribution in [3.63, 3.8) is 0 Å². The highest BCUT2D eigenvalue weighted by atomic mass is 32.2. The van der Waals surface area contributed by atoms with Gasteiger partial charge in [0.1, 0.15) is 5.82 Å². The predicted molar refractivity (Wildman–Crippen MR) is 76.3 cm³/mol. The van der Waals surface area contributed by atoms with Crippen molar-refractivity contribution in [2.45, 2.75) is 13.5 Å². The van der Waals surface area contributed by atoms with Crippen molar-refractivity contribution >= 4 is 21.1 Å². The summed E-state index contributed by atoms with van der Waals surface area (Å²) < 4.78 is 39.2. The topological polar surface area (TPSA) is 101 Å². The van der Waals surface area contributed by atoms with Gasteiger partial charge in [-0.25, -0.2) is 17.5 Å². The maximum atomic E-state index is 13.2. The van der Waals surface area contributed by atoms with Crippen molar-refractivity contribution in [1.29, 1.82) is 0 Å². The molecule has 0 spiro atoms. The highest BCUT2D eigenvalue weighted by Crippen LogP contribution is 2.10. The van der Waals surface area contributed by atoms with Gasteiger partial charge in [-0.3, -0.25) is 9.59 Å². The Morgan fingerprint density at radius 2 is 2.05 bits per heavy atom. The molecule has 0 fully saturated rings. The number of halogens is 1. The molecule has 1 aromatic carbocycles. The molecule has 21 heavy (non-hydrogen) atoms. The van der Waals surface area contributed by atoms with Crippen LogP contribution in [0.5, 0.6) is 0 Å². The fourth-order valence-corrected chi connectivity index (χ4v) is 2.49. The van der Waals surface area contributed by atoms with Crippen LogP contribution in [0.15, 0.2) is 27.8 Å². The number of benzene rings is 1. The smallest absolute Gasteiger partial charge is 0.316 e. The number of fused-ring (bicyclic) bond motifs is 1. The Morgan fingerprint density at radius 3 is 2.71 bits per heavy atom. The summed E-state index contributed by atoms with van der Waals surface area (Å²) in [4.78, 5) is 25.7. The van der Waals surface area contributed by atoms with Crippen LogP contribution in [0, 0.1) is 5.82 Å². The second-order valence-corrected chi connectivity index (χ2v) is 6.47. The van der Waals surface area contributed by atoms with Gasteiger partial charge >= 0.3 is 11.1 Å². The van der Waals surface area contributed by atoms with Crippen molar-refractivity contribution in [2.75, 3.05) is 12.3 Å². The lowest BCUT2D eigenvalue weighted by Gasteiger charge is -2.10. The lowest BCUT2D eigenvalue weighted by Crippen LogP contribution is -2.39. The van der Waals surface area contributed by atoms with Crippen molar-refractivity contribution in [1.82, 2.24) is 14.3 Å². The molecule has 0 unspecified atom stereocenters. The molecule has 0 atom stereocenters. The molecule has 1 heterocycles. The minimum atomic E-state index is -3.38. The van der Waals surface area contributed by atoms with Gasteiger partial charge in [-0.05, 0) is 25.1 Å². The van der Waals surface area contributed by atoms with Crippen LogP contribution < -0.4 is 15.8 Å². The minimum absolute atomic E-state index is 0.0237. The van der Waals surface area contributed by atoms with Gasteiger partial charge in [0, 0.05) is 13.1 Å². The highest BCUT2D eigenvalue weighted by Gasteiger charge is 2.10. The zero-order chi connectivity index (χ0) is 15.6. The van der Waals surface area contributed by atoms with Crippen LogP contribution in [0.3, 0.4) is 0 Å². The molecule has 0 amide bonds. The van der Waals surface area contributed by atoms with E-state index in [4.69, 9.17) is 0 Å². The number of rotatable bonds is 5. The molecule has 0 aliphatic heterocycles. The van der Waals surface area contributed by atoms with Gasteiger partial charge in [0.15, 0.2) is 0 Å². The third-order valence-electron chi connectivity index (χ3n) is 2.97. The standard InChI is InChI=1S/C12H14FN3O4S/c1-2-21(19,20)14-5-6-16-10-4-3-8(13)7-9(10)15-11(17)12(16)18/h3-4,7,14H,2,5-6H2,1H3,(H,15,17). The van der Waals surface area contributed by atoms with Crippen LogP contribution in [0.1, 0.15) is 6.92 Å². The Hall–Kier alpha value is -2.00. The van der Waals surface area contributed by atoms with Gasteiger partial charge < -0.3 is 9.55 Å². The van der Waals surface area contributed by atoms with E-state index in [0.717, 1.165) is 16.7 Å². The van der Waals surface area contributed by atoms with E-state index in [1.807, 2.05) is 0 Å². The zero-order valence-corrected chi connectivity index (χ0v) is 12.0. The second-order valence-electron chi connectivity index (χ2n) is 4.37. The lowest BCUT2D eigenvalue weighted by molar-refractivity contribution is 0.573. The number of hydrogen-bond acceptors (Lipinski definition) is 4. The first-order chi connectivity index (χ1) is 9.84. The summed E-state index contributed by atoms with van der Waals surface area (Å²) in [6.45, 7) is 1.43. The molecular weight excluding hydrogens is 301 g/mol. The van der Waals surface area contributed by atoms with Crippen molar-refractivity contribution in [3.05, 3.63) is 44.7 Å².